The number of anilines is 1. The first-order valence-electron chi connectivity index (χ1n) is 7.38. The Labute approximate surface area is 125 Å². The molecule has 0 bridgehead atoms. The highest BCUT2D eigenvalue weighted by Gasteiger charge is 2.27. The highest BCUT2D eigenvalue weighted by Crippen LogP contribution is 2.26. The quantitative estimate of drug-likeness (QED) is 0.836. The van der Waals surface area contributed by atoms with Crippen LogP contribution in [0.25, 0.3) is 0 Å². The maximum Gasteiger partial charge on any atom is 0.326 e. The number of nitrogens with one attached hydrogen (secondary N) is 1. The molecule has 0 aliphatic carbocycles. The summed E-state index contributed by atoms with van der Waals surface area (Å²) in [6.45, 7) is 4.76. The van der Waals surface area contributed by atoms with E-state index in [1.165, 1.54) is 5.56 Å². The molecule has 2 rings (SSSR count). The summed E-state index contributed by atoms with van der Waals surface area (Å²) < 4.78 is 0. The predicted molar refractivity (Wildman–Crippen MR) is 81.4 cm³/mol. The second-order valence-corrected chi connectivity index (χ2v) is 5.57. The monoisotopic (exact) mass is 290 g/mol. The summed E-state index contributed by atoms with van der Waals surface area (Å²) in [5.74, 6) is -1.30. The van der Waals surface area contributed by atoms with Crippen LogP contribution in [0.5, 0.6) is 0 Å². The maximum absolute atomic E-state index is 12.1. The molecule has 1 aliphatic rings. The first-order chi connectivity index (χ1) is 10.0. The normalized spacial score (nSPS) is 16.2. The fourth-order valence-electron chi connectivity index (χ4n) is 2.65. The van der Waals surface area contributed by atoms with E-state index in [-0.39, 0.29) is 18.4 Å². The standard InChI is InChI=1S/C16H22N2O3/c1-3-11(2)15(16(20)21)17-14(19)10-18-9-8-12-6-4-5-7-13(12)18/h4-7,11,15H,3,8-10H2,1-2H3,(H,17,19)(H,20,21)/t11-,15-/m0/s1. The van der Waals surface area contributed by atoms with Crippen molar-refractivity contribution in [2.24, 2.45) is 5.92 Å². The molecule has 1 aliphatic heterocycles. The molecule has 2 N–H and O–H groups in total. The largest absolute Gasteiger partial charge is 0.480 e. The van der Waals surface area contributed by atoms with Gasteiger partial charge in [0.2, 0.25) is 5.91 Å². The summed E-state index contributed by atoms with van der Waals surface area (Å²) in [4.78, 5) is 25.4. The maximum atomic E-state index is 12.1. The molecule has 0 aromatic heterocycles. The van der Waals surface area contributed by atoms with Crippen LogP contribution in [0.2, 0.25) is 0 Å². The minimum atomic E-state index is -0.973. The number of fused-ring (bicyclic) bond motifs is 1. The molecule has 1 amide bonds. The number of aliphatic carboxylic acids is 1. The van der Waals surface area contributed by atoms with Crippen LogP contribution >= 0.6 is 0 Å². The van der Waals surface area contributed by atoms with Crippen LogP contribution in [0.3, 0.4) is 0 Å². The van der Waals surface area contributed by atoms with Crippen molar-refractivity contribution in [3.8, 4) is 0 Å². The number of carboxylic acid groups (broad SMARTS) is 1. The molecule has 1 aromatic rings. The third-order valence-corrected chi connectivity index (χ3v) is 4.11. The van der Waals surface area contributed by atoms with Gasteiger partial charge in [0.15, 0.2) is 0 Å². The smallest absolute Gasteiger partial charge is 0.326 e. The summed E-state index contributed by atoms with van der Waals surface area (Å²) in [5, 5.41) is 11.9. The summed E-state index contributed by atoms with van der Waals surface area (Å²) >= 11 is 0. The molecule has 114 valence electrons. The first-order valence-corrected chi connectivity index (χ1v) is 7.38. The van der Waals surface area contributed by atoms with Crippen molar-refractivity contribution in [3.05, 3.63) is 29.8 Å². The average molecular weight is 290 g/mol. The second-order valence-electron chi connectivity index (χ2n) is 5.57. The van der Waals surface area contributed by atoms with E-state index in [4.69, 9.17) is 0 Å². The molecule has 21 heavy (non-hydrogen) atoms. The third-order valence-electron chi connectivity index (χ3n) is 4.11. The van der Waals surface area contributed by atoms with Gasteiger partial charge in [-0.05, 0) is 24.0 Å². The van der Waals surface area contributed by atoms with Gasteiger partial charge in [-0.15, -0.1) is 0 Å². The van der Waals surface area contributed by atoms with Gasteiger partial charge in [0.1, 0.15) is 6.04 Å². The Hall–Kier alpha value is -2.04. The lowest BCUT2D eigenvalue weighted by Crippen LogP contribution is -2.48. The SMILES string of the molecule is CC[C@H](C)[C@H](NC(=O)CN1CCc2ccccc21)C(=O)O. The van der Waals surface area contributed by atoms with E-state index in [2.05, 4.69) is 11.4 Å². The van der Waals surface area contributed by atoms with Crippen molar-refractivity contribution >= 4 is 17.6 Å². The number of rotatable bonds is 6. The number of carboxylic acids is 1. The predicted octanol–water partition coefficient (Wildman–Crippen LogP) is 1.66. The number of amides is 1. The van der Waals surface area contributed by atoms with Crippen LogP contribution in [0.4, 0.5) is 5.69 Å². The van der Waals surface area contributed by atoms with E-state index < -0.39 is 12.0 Å². The fourth-order valence-corrected chi connectivity index (χ4v) is 2.65. The van der Waals surface area contributed by atoms with E-state index in [9.17, 15) is 14.7 Å². The highest BCUT2D eigenvalue weighted by molar-refractivity contribution is 5.87. The van der Waals surface area contributed by atoms with Crippen LogP contribution in [0, 0.1) is 5.92 Å². The number of benzene rings is 1. The van der Waals surface area contributed by atoms with Crippen molar-refractivity contribution < 1.29 is 14.7 Å². The van der Waals surface area contributed by atoms with E-state index in [0.717, 1.165) is 18.7 Å². The number of para-hydroxylation sites is 1. The molecule has 5 heteroatoms. The number of hydrogen-bond acceptors (Lipinski definition) is 3. The topological polar surface area (TPSA) is 69.6 Å². The Bertz CT molecular complexity index is 530. The molecule has 5 nitrogen and oxygen atoms in total. The zero-order valence-corrected chi connectivity index (χ0v) is 12.5. The minimum absolute atomic E-state index is 0.0858. The fraction of sp³-hybridized carbons (Fsp3) is 0.500. The molecule has 0 fully saturated rings. The van der Waals surface area contributed by atoms with Crippen LogP contribution in [0.15, 0.2) is 24.3 Å². The second kappa shape index (κ2) is 6.61. The number of hydrogen-bond donors (Lipinski definition) is 2. The molecule has 0 unspecified atom stereocenters. The first kappa shape index (κ1) is 15.4. The molecular weight excluding hydrogens is 268 g/mol. The van der Waals surface area contributed by atoms with Crippen LogP contribution < -0.4 is 10.2 Å². The zero-order chi connectivity index (χ0) is 15.4. The summed E-state index contributed by atoms with van der Waals surface area (Å²) in [5.41, 5.74) is 2.31. The Kier molecular flexibility index (Phi) is 4.83. The van der Waals surface area contributed by atoms with Gasteiger partial charge in [0.25, 0.3) is 0 Å². The molecule has 0 radical (unpaired) electrons. The third kappa shape index (κ3) is 3.54. The van der Waals surface area contributed by atoms with E-state index >= 15 is 0 Å². The Morgan fingerprint density at radius 2 is 2.10 bits per heavy atom. The van der Waals surface area contributed by atoms with Crippen molar-refractivity contribution in [1.29, 1.82) is 0 Å². The number of nitrogens with zero attached hydrogens (tertiary/aromatic N) is 1. The Morgan fingerprint density at radius 1 is 1.38 bits per heavy atom. The molecule has 2 atom stereocenters. The number of carbonyl (C=O) groups is 2. The van der Waals surface area contributed by atoms with E-state index in [1.54, 1.807) is 0 Å². The zero-order valence-electron chi connectivity index (χ0n) is 12.5. The molecular formula is C16H22N2O3. The lowest BCUT2D eigenvalue weighted by molar-refractivity contribution is -0.143. The van der Waals surface area contributed by atoms with Gasteiger partial charge < -0.3 is 15.3 Å². The van der Waals surface area contributed by atoms with Crippen molar-refractivity contribution in [1.82, 2.24) is 5.32 Å². The lowest BCUT2D eigenvalue weighted by atomic mass is 9.99. The van der Waals surface area contributed by atoms with Gasteiger partial charge in [-0.1, -0.05) is 38.5 Å². The summed E-state index contributed by atoms with van der Waals surface area (Å²) in [7, 11) is 0. The van der Waals surface area contributed by atoms with Crippen molar-refractivity contribution in [3.63, 3.8) is 0 Å². The molecule has 1 aromatic carbocycles. The summed E-state index contributed by atoms with van der Waals surface area (Å²) in [6, 6.07) is 7.19. The van der Waals surface area contributed by atoms with E-state index in [0.29, 0.717) is 6.42 Å². The summed E-state index contributed by atoms with van der Waals surface area (Å²) in [6.07, 6.45) is 1.64. The van der Waals surface area contributed by atoms with Crippen molar-refractivity contribution in [2.75, 3.05) is 18.0 Å². The van der Waals surface area contributed by atoms with Crippen molar-refractivity contribution in [2.45, 2.75) is 32.7 Å². The lowest BCUT2D eigenvalue weighted by Gasteiger charge is -2.23. The average Bonchev–Trinajstić information content (AvgIpc) is 2.87. The molecule has 1 heterocycles. The van der Waals surface area contributed by atoms with Gasteiger partial charge in [-0.2, -0.15) is 0 Å². The van der Waals surface area contributed by atoms with Crippen LogP contribution in [-0.2, 0) is 16.0 Å². The van der Waals surface area contributed by atoms with Gasteiger partial charge in [0, 0.05) is 12.2 Å². The number of carbonyl (C=O) groups excluding carboxylic acids is 1. The van der Waals surface area contributed by atoms with Crippen LogP contribution in [0.1, 0.15) is 25.8 Å². The minimum Gasteiger partial charge on any atom is -0.480 e. The van der Waals surface area contributed by atoms with E-state index in [1.807, 2.05) is 36.9 Å². The van der Waals surface area contributed by atoms with Gasteiger partial charge in [-0.25, -0.2) is 4.79 Å². The van der Waals surface area contributed by atoms with Gasteiger partial charge >= 0.3 is 5.97 Å². The van der Waals surface area contributed by atoms with Crippen LogP contribution in [-0.4, -0.2) is 36.1 Å². The van der Waals surface area contributed by atoms with Gasteiger partial charge in [-0.3, -0.25) is 4.79 Å². The molecule has 0 saturated heterocycles. The Balaban J connectivity index is 1.98. The molecule has 0 spiro atoms. The highest BCUT2D eigenvalue weighted by atomic mass is 16.4. The molecule has 0 saturated carbocycles. The van der Waals surface area contributed by atoms with Gasteiger partial charge in [0.05, 0.1) is 6.54 Å². The Morgan fingerprint density at radius 3 is 2.76 bits per heavy atom.